The Balaban J connectivity index is 1.80. The number of benzene rings is 2. The molecule has 0 atom stereocenters. The van der Waals surface area contributed by atoms with E-state index in [4.69, 9.17) is 16.3 Å². The van der Waals surface area contributed by atoms with E-state index >= 15 is 0 Å². The van der Waals surface area contributed by atoms with Crippen LogP contribution in [0.1, 0.15) is 5.56 Å². The molecule has 2 N–H and O–H groups in total. The van der Waals surface area contributed by atoms with Crippen LogP contribution in [0.2, 0.25) is 5.02 Å². The lowest BCUT2D eigenvalue weighted by Gasteiger charge is -2.11. The van der Waals surface area contributed by atoms with Gasteiger partial charge in [0.2, 0.25) is 5.95 Å². The number of nitrogens with one attached hydrogen (secondary N) is 2. The van der Waals surface area contributed by atoms with Gasteiger partial charge in [-0.05, 0) is 37.3 Å². The number of aryl methyl sites for hydroxylation is 1. The molecule has 0 spiro atoms. The van der Waals surface area contributed by atoms with Gasteiger partial charge in [0.1, 0.15) is 5.75 Å². The third kappa shape index (κ3) is 3.91. The first-order valence-corrected chi connectivity index (χ1v) is 7.66. The minimum Gasteiger partial charge on any atom is -0.495 e. The molecule has 6 nitrogen and oxygen atoms in total. The van der Waals surface area contributed by atoms with Crippen LogP contribution in [0.25, 0.3) is 0 Å². The number of rotatable bonds is 5. The van der Waals surface area contributed by atoms with Gasteiger partial charge in [0.25, 0.3) is 0 Å². The largest absolute Gasteiger partial charge is 0.495 e. The second-order valence-corrected chi connectivity index (χ2v) is 5.56. The molecule has 0 aliphatic carbocycles. The Labute approximate surface area is 144 Å². The van der Waals surface area contributed by atoms with Crippen molar-refractivity contribution in [2.45, 2.75) is 6.92 Å². The summed E-state index contributed by atoms with van der Waals surface area (Å²) in [5, 5.41) is 14.8. The number of anilines is 4. The fourth-order valence-corrected chi connectivity index (χ4v) is 2.27. The van der Waals surface area contributed by atoms with E-state index in [1.165, 1.54) is 11.8 Å². The normalized spacial score (nSPS) is 10.3. The minimum absolute atomic E-state index is 0.393. The van der Waals surface area contributed by atoms with E-state index in [9.17, 15) is 0 Å². The van der Waals surface area contributed by atoms with E-state index in [0.717, 1.165) is 5.69 Å². The zero-order valence-electron chi connectivity index (χ0n) is 13.2. The average molecular weight is 342 g/mol. The SMILES string of the molecule is COc1ccc(Cl)cc1Nc1cnnc(Nc2ccc(C)cc2)n1. The molecule has 0 aliphatic rings. The lowest BCUT2D eigenvalue weighted by Crippen LogP contribution is -2.03. The van der Waals surface area contributed by atoms with Crippen molar-refractivity contribution in [2.24, 2.45) is 0 Å². The maximum atomic E-state index is 6.04. The first-order chi connectivity index (χ1) is 11.6. The summed E-state index contributed by atoms with van der Waals surface area (Å²) < 4.78 is 5.31. The van der Waals surface area contributed by atoms with Crippen molar-refractivity contribution in [1.82, 2.24) is 15.2 Å². The lowest BCUT2D eigenvalue weighted by molar-refractivity contribution is 0.417. The van der Waals surface area contributed by atoms with Crippen molar-refractivity contribution in [3.05, 3.63) is 59.2 Å². The summed E-state index contributed by atoms with van der Waals surface area (Å²) >= 11 is 6.04. The van der Waals surface area contributed by atoms with Gasteiger partial charge in [-0.3, -0.25) is 0 Å². The number of halogens is 1. The smallest absolute Gasteiger partial charge is 0.249 e. The Kier molecular flexibility index (Phi) is 4.77. The van der Waals surface area contributed by atoms with Crippen molar-refractivity contribution in [1.29, 1.82) is 0 Å². The molecule has 1 heterocycles. The standard InChI is InChI=1S/C17H16ClN5O/c1-11-3-6-13(7-4-11)20-17-22-16(10-19-23-17)21-14-9-12(18)5-8-15(14)24-2/h3-10H,1-2H3,(H2,20,21,22,23). The molecule has 3 aromatic rings. The molecular weight excluding hydrogens is 326 g/mol. The van der Waals surface area contributed by atoms with Crippen molar-refractivity contribution >= 4 is 34.7 Å². The highest BCUT2D eigenvalue weighted by atomic mass is 35.5. The molecule has 7 heteroatoms. The van der Waals surface area contributed by atoms with E-state index in [0.29, 0.717) is 28.2 Å². The predicted octanol–water partition coefficient (Wildman–Crippen LogP) is 4.33. The number of nitrogens with zero attached hydrogens (tertiary/aromatic N) is 3. The first kappa shape index (κ1) is 16.0. The van der Waals surface area contributed by atoms with Crippen LogP contribution in [0.5, 0.6) is 5.75 Å². The van der Waals surface area contributed by atoms with Crippen LogP contribution in [0.3, 0.4) is 0 Å². The maximum Gasteiger partial charge on any atom is 0.249 e. The fourth-order valence-electron chi connectivity index (χ4n) is 2.10. The van der Waals surface area contributed by atoms with Crippen molar-refractivity contribution < 1.29 is 4.74 Å². The highest BCUT2D eigenvalue weighted by molar-refractivity contribution is 6.31. The molecule has 0 fully saturated rings. The quantitative estimate of drug-likeness (QED) is 0.719. The van der Waals surface area contributed by atoms with E-state index in [1.807, 2.05) is 31.2 Å². The van der Waals surface area contributed by atoms with Gasteiger partial charge in [0.15, 0.2) is 5.82 Å². The van der Waals surface area contributed by atoms with Gasteiger partial charge in [0.05, 0.1) is 19.0 Å². The molecule has 2 aromatic carbocycles. The van der Waals surface area contributed by atoms with Crippen molar-refractivity contribution in [2.75, 3.05) is 17.7 Å². The molecule has 24 heavy (non-hydrogen) atoms. The highest BCUT2D eigenvalue weighted by Crippen LogP contribution is 2.30. The zero-order valence-corrected chi connectivity index (χ0v) is 14.0. The topological polar surface area (TPSA) is 72.0 Å². The van der Waals surface area contributed by atoms with Crippen LogP contribution < -0.4 is 15.4 Å². The molecule has 3 rings (SSSR count). The molecule has 0 unspecified atom stereocenters. The summed E-state index contributed by atoms with van der Waals surface area (Å²) in [4.78, 5) is 4.40. The maximum absolute atomic E-state index is 6.04. The molecule has 1 aromatic heterocycles. The molecule has 122 valence electrons. The van der Waals surface area contributed by atoms with E-state index in [1.54, 1.807) is 25.3 Å². The number of hydrogen-bond donors (Lipinski definition) is 2. The van der Waals surface area contributed by atoms with Crippen molar-refractivity contribution in [3.63, 3.8) is 0 Å². The third-order valence-corrected chi connectivity index (χ3v) is 3.53. The molecule has 0 aliphatic heterocycles. The molecule has 0 amide bonds. The Morgan fingerprint density at radius 3 is 2.58 bits per heavy atom. The van der Waals surface area contributed by atoms with E-state index in [2.05, 4.69) is 25.8 Å². The second-order valence-electron chi connectivity index (χ2n) is 5.13. The van der Waals surface area contributed by atoms with Crippen LogP contribution in [0.4, 0.5) is 23.1 Å². The summed E-state index contributed by atoms with van der Waals surface area (Å²) in [6.07, 6.45) is 1.53. The predicted molar refractivity (Wildman–Crippen MR) is 95.6 cm³/mol. The summed E-state index contributed by atoms with van der Waals surface area (Å²) in [6.45, 7) is 2.03. The van der Waals surface area contributed by atoms with Crippen LogP contribution in [-0.2, 0) is 0 Å². The monoisotopic (exact) mass is 341 g/mol. The summed E-state index contributed by atoms with van der Waals surface area (Å²) in [5.41, 5.74) is 2.77. The number of ether oxygens (including phenoxy) is 1. The number of aromatic nitrogens is 3. The van der Waals surface area contributed by atoms with Gasteiger partial charge < -0.3 is 15.4 Å². The molecule has 0 bridgehead atoms. The Bertz CT molecular complexity index is 839. The first-order valence-electron chi connectivity index (χ1n) is 7.28. The Morgan fingerprint density at radius 1 is 1.04 bits per heavy atom. The number of hydrogen-bond acceptors (Lipinski definition) is 6. The van der Waals surface area contributed by atoms with Gasteiger partial charge in [-0.2, -0.15) is 10.1 Å². The third-order valence-electron chi connectivity index (χ3n) is 3.29. The minimum atomic E-state index is 0.393. The van der Waals surface area contributed by atoms with Crippen LogP contribution in [0, 0.1) is 6.92 Å². The van der Waals surface area contributed by atoms with E-state index < -0.39 is 0 Å². The Morgan fingerprint density at radius 2 is 1.83 bits per heavy atom. The summed E-state index contributed by atoms with van der Waals surface area (Å²) in [6, 6.07) is 13.2. The summed E-state index contributed by atoms with van der Waals surface area (Å²) in [5.74, 6) is 1.58. The van der Waals surface area contributed by atoms with Crippen LogP contribution >= 0.6 is 11.6 Å². The van der Waals surface area contributed by atoms with E-state index in [-0.39, 0.29) is 0 Å². The lowest BCUT2D eigenvalue weighted by atomic mass is 10.2. The Hall–Kier alpha value is -2.86. The number of methoxy groups -OCH3 is 1. The van der Waals surface area contributed by atoms with Gasteiger partial charge in [0, 0.05) is 10.7 Å². The second kappa shape index (κ2) is 7.14. The average Bonchev–Trinajstić information content (AvgIpc) is 2.58. The van der Waals surface area contributed by atoms with Gasteiger partial charge >= 0.3 is 0 Å². The molecule has 0 saturated heterocycles. The van der Waals surface area contributed by atoms with Crippen LogP contribution in [-0.4, -0.2) is 22.3 Å². The van der Waals surface area contributed by atoms with Gasteiger partial charge in [-0.25, -0.2) is 0 Å². The molecular formula is C17H16ClN5O. The highest BCUT2D eigenvalue weighted by Gasteiger charge is 2.07. The molecule has 0 saturated carbocycles. The summed E-state index contributed by atoms with van der Waals surface area (Å²) in [7, 11) is 1.59. The van der Waals surface area contributed by atoms with Gasteiger partial charge in [-0.15, -0.1) is 5.10 Å². The fraction of sp³-hybridized carbons (Fsp3) is 0.118. The van der Waals surface area contributed by atoms with Crippen molar-refractivity contribution in [3.8, 4) is 5.75 Å². The van der Waals surface area contributed by atoms with Crippen LogP contribution in [0.15, 0.2) is 48.7 Å². The van der Waals surface area contributed by atoms with Gasteiger partial charge in [-0.1, -0.05) is 29.3 Å². The molecule has 0 radical (unpaired) electrons. The zero-order chi connectivity index (χ0) is 16.9.